The van der Waals surface area contributed by atoms with Gasteiger partial charge < -0.3 is 4.57 Å². The first-order valence-electron chi connectivity index (χ1n) is 6.84. The lowest BCUT2D eigenvalue weighted by Crippen LogP contribution is -2.18. The summed E-state index contributed by atoms with van der Waals surface area (Å²) in [4.78, 5) is 28.1. The third kappa shape index (κ3) is 4.17. The van der Waals surface area contributed by atoms with Gasteiger partial charge in [0.1, 0.15) is 0 Å². The zero-order valence-corrected chi connectivity index (χ0v) is 12.6. The highest BCUT2D eigenvalue weighted by molar-refractivity contribution is 5.98. The van der Waals surface area contributed by atoms with Gasteiger partial charge in [0.05, 0.1) is 7.11 Å². The first-order chi connectivity index (χ1) is 10.6. The third-order valence-electron chi connectivity index (χ3n) is 3.18. The van der Waals surface area contributed by atoms with E-state index in [-0.39, 0.29) is 11.7 Å². The van der Waals surface area contributed by atoms with Crippen LogP contribution < -0.4 is 5.48 Å². The molecule has 0 bridgehead atoms. The van der Waals surface area contributed by atoms with Crippen LogP contribution in [-0.2, 0) is 23.1 Å². The fraction of sp³-hybridized carbons (Fsp3) is 0.176. The zero-order valence-electron chi connectivity index (χ0n) is 12.6. The van der Waals surface area contributed by atoms with Crippen LogP contribution in [0, 0.1) is 0 Å². The maximum Gasteiger partial charge on any atom is 0.267 e. The van der Waals surface area contributed by atoms with Gasteiger partial charge in [-0.15, -0.1) is 0 Å². The van der Waals surface area contributed by atoms with Gasteiger partial charge in [0.15, 0.2) is 5.78 Å². The molecule has 2 aromatic rings. The van der Waals surface area contributed by atoms with Gasteiger partial charge in [0, 0.05) is 37.0 Å². The Labute approximate surface area is 129 Å². The van der Waals surface area contributed by atoms with Gasteiger partial charge in [-0.25, -0.2) is 5.48 Å². The molecule has 1 amide bonds. The quantitative estimate of drug-likeness (QED) is 0.505. The third-order valence-corrected chi connectivity index (χ3v) is 3.18. The molecule has 0 aliphatic heterocycles. The molecule has 0 aliphatic rings. The fourth-order valence-electron chi connectivity index (χ4n) is 2.08. The van der Waals surface area contributed by atoms with Crippen LogP contribution in [0.15, 0.2) is 48.7 Å². The lowest BCUT2D eigenvalue weighted by Gasteiger charge is -1.98. The Kier molecular flexibility index (Phi) is 5.27. The van der Waals surface area contributed by atoms with Crippen LogP contribution in [0.2, 0.25) is 0 Å². The molecule has 1 heterocycles. The van der Waals surface area contributed by atoms with Crippen molar-refractivity contribution in [3.8, 4) is 0 Å². The monoisotopic (exact) mass is 298 g/mol. The van der Waals surface area contributed by atoms with E-state index in [9.17, 15) is 9.59 Å². The molecule has 0 saturated heterocycles. The van der Waals surface area contributed by atoms with Crippen molar-refractivity contribution in [2.24, 2.45) is 7.05 Å². The van der Waals surface area contributed by atoms with Gasteiger partial charge >= 0.3 is 0 Å². The minimum Gasteiger partial charge on any atom is -0.350 e. The molecule has 0 radical (unpaired) electrons. The van der Waals surface area contributed by atoms with Crippen LogP contribution in [0.25, 0.3) is 6.08 Å². The maximum absolute atomic E-state index is 12.3. The first-order valence-corrected chi connectivity index (χ1v) is 6.84. The van der Waals surface area contributed by atoms with Gasteiger partial charge in [0.2, 0.25) is 0 Å². The number of hydrogen-bond acceptors (Lipinski definition) is 3. The minimum absolute atomic E-state index is 0.0443. The molecular weight excluding hydrogens is 280 g/mol. The highest BCUT2D eigenvalue weighted by Crippen LogP contribution is 2.12. The Morgan fingerprint density at radius 1 is 1.27 bits per heavy atom. The van der Waals surface area contributed by atoms with E-state index in [1.807, 2.05) is 37.4 Å². The summed E-state index contributed by atoms with van der Waals surface area (Å²) in [6, 6.07) is 11.4. The number of amides is 1. The van der Waals surface area contributed by atoms with Gasteiger partial charge in [-0.05, 0) is 17.7 Å². The Morgan fingerprint density at radius 3 is 2.68 bits per heavy atom. The lowest BCUT2D eigenvalue weighted by atomic mass is 10.1. The average molecular weight is 298 g/mol. The molecule has 0 fully saturated rings. The largest absolute Gasteiger partial charge is 0.350 e. The number of Topliss-reactive ketones (excluding diaryl/α,β-unsaturated/α-hetero) is 1. The highest BCUT2D eigenvalue weighted by Gasteiger charge is 2.10. The van der Waals surface area contributed by atoms with Crippen molar-refractivity contribution in [1.29, 1.82) is 0 Å². The molecule has 1 N–H and O–H groups in total. The van der Waals surface area contributed by atoms with Crippen LogP contribution >= 0.6 is 0 Å². The smallest absolute Gasteiger partial charge is 0.267 e. The van der Waals surface area contributed by atoms with Crippen LogP contribution in [-0.4, -0.2) is 23.4 Å². The SMILES string of the molecule is CONC(=O)/C=C/c1cc(C(=O)Cc2ccccc2)cn1C. The highest BCUT2D eigenvalue weighted by atomic mass is 16.6. The number of rotatable bonds is 6. The van der Waals surface area contributed by atoms with E-state index in [0.29, 0.717) is 12.0 Å². The van der Waals surface area contributed by atoms with E-state index in [1.54, 1.807) is 22.9 Å². The molecule has 5 nitrogen and oxygen atoms in total. The van der Waals surface area contributed by atoms with Gasteiger partial charge in [-0.2, -0.15) is 0 Å². The molecule has 0 unspecified atom stereocenters. The summed E-state index contributed by atoms with van der Waals surface area (Å²) in [6.07, 6.45) is 5.11. The van der Waals surface area contributed by atoms with E-state index in [0.717, 1.165) is 11.3 Å². The standard InChI is InChI=1S/C17H18N2O3/c1-19-12-14(11-15(19)8-9-17(21)18-22-2)16(20)10-13-6-4-3-5-7-13/h3-9,11-12H,10H2,1-2H3,(H,18,21)/b9-8+. The molecule has 0 aliphatic carbocycles. The topological polar surface area (TPSA) is 60.3 Å². The van der Waals surface area contributed by atoms with Crippen molar-refractivity contribution >= 4 is 17.8 Å². The number of nitrogens with zero attached hydrogens (tertiary/aromatic N) is 1. The number of aryl methyl sites for hydroxylation is 1. The van der Waals surface area contributed by atoms with Gasteiger partial charge in [0.25, 0.3) is 5.91 Å². The number of nitrogens with one attached hydrogen (secondary N) is 1. The van der Waals surface area contributed by atoms with Crippen LogP contribution in [0.5, 0.6) is 0 Å². The lowest BCUT2D eigenvalue weighted by molar-refractivity contribution is -0.126. The predicted octanol–water partition coefficient (Wildman–Crippen LogP) is 2.14. The zero-order chi connectivity index (χ0) is 15.9. The second kappa shape index (κ2) is 7.38. The molecule has 2 rings (SSSR count). The Bertz CT molecular complexity index is 687. The van der Waals surface area contributed by atoms with Crippen LogP contribution in [0.4, 0.5) is 0 Å². The summed E-state index contributed by atoms with van der Waals surface area (Å²) in [5, 5.41) is 0. The number of carbonyl (C=O) groups is 2. The molecule has 114 valence electrons. The minimum atomic E-state index is -0.360. The van der Waals surface area contributed by atoms with E-state index in [2.05, 4.69) is 10.3 Å². The van der Waals surface area contributed by atoms with Crippen LogP contribution in [0.1, 0.15) is 21.6 Å². The van der Waals surface area contributed by atoms with E-state index < -0.39 is 0 Å². The Balaban J connectivity index is 2.09. The summed E-state index contributed by atoms with van der Waals surface area (Å²) >= 11 is 0. The number of hydrogen-bond donors (Lipinski definition) is 1. The summed E-state index contributed by atoms with van der Waals surface area (Å²) in [6.45, 7) is 0. The van der Waals surface area contributed by atoms with Crippen LogP contribution in [0.3, 0.4) is 0 Å². The molecular formula is C17H18N2O3. The summed E-state index contributed by atoms with van der Waals surface area (Å²) < 4.78 is 1.80. The van der Waals surface area contributed by atoms with E-state index in [4.69, 9.17) is 0 Å². The van der Waals surface area contributed by atoms with Crippen molar-refractivity contribution in [1.82, 2.24) is 10.0 Å². The second-order valence-electron chi connectivity index (χ2n) is 4.85. The second-order valence-corrected chi connectivity index (χ2v) is 4.85. The molecule has 0 saturated carbocycles. The fourth-order valence-corrected chi connectivity index (χ4v) is 2.08. The summed E-state index contributed by atoms with van der Waals surface area (Å²) in [5.41, 5.74) is 4.56. The van der Waals surface area contributed by atoms with Crippen molar-refractivity contribution in [3.63, 3.8) is 0 Å². The van der Waals surface area contributed by atoms with Crippen molar-refractivity contribution in [2.75, 3.05) is 7.11 Å². The summed E-state index contributed by atoms with van der Waals surface area (Å²) in [7, 11) is 3.20. The Morgan fingerprint density at radius 2 is 2.00 bits per heavy atom. The molecule has 1 aromatic carbocycles. The van der Waals surface area contributed by atoms with Crippen molar-refractivity contribution < 1.29 is 14.4 Å². The number of aromatic nitrogens is 1. The number of hydroxylamine groups is 1. The van der Waals surface area contributed by atoms with Gasteiger partial charge in [-0.1, -0.05) is 30.3 Å². The van der Waals surface area contributed by atoms with Crippen molar-refractivity contribution in [3.05, 3.63) is 65.5 Å². The first kappa shape index (κ1) is 15.7. The molecule has 22 heavy (non-hydrogen) atoms. The predicted molar refractivity (Wildman–Crippen MR) is 84.1 cm³/mol. The van der Waals surface area contributed by atoms with Crippen molar-refractivity contribution in [2.45, 2.75) is 6.42 Å². The van der Waals surface area contributed by atoms with Gasteiger partial charge in [-0.3, -0.25) is 14.4 Å². The molecule has 0 atom stereocenters. The summed E-state index contributed by atoms with van der Waals surface area (Å²) in [5.74, 6) is -0.316. The van der Waals surface area contributed by atoms with E-state index in [1.165, 1.54) is 13.2 Å². The number of benzene rings is 1. The Hall–Kier alpha value is -2.66. The number of ketones is 1. The molecule has 1 aromatic heterocycles. The van der Waals surface area contributed by atoms with E-state index >= 15 is 0 Å². The molecule has 0 spiro atoms. The molecule has 5 heteroatoms. The maximum atomic E-state index is 12.3. The number of carbonyl (C=O) groups excluding carboxylic acids is 2. The normalized spacial score (nSPS) is 10.8. The average Bonchev–Trinajstić information content (AvgIpc) is 2.88.